The molecule has 4 heteroatoms. The average Bonchev–Trinajstić information content (AvgIpc) is 2.40. The number of hydrogen-bond donors (Lipinski definition) is 0. The zero-order chi connectivity index (χ0) is 12.7. The van der Waals surface area contributed by atoms with Crippen molar-refractivity contribution in [1.82, 2.24) is 4.90 Å². The van der Waals surface area contributed by atoms with Crippen LogP contribution in [0.15, 0.2) is 36.4 Å². The Morgan fingerprint density at radius 1 is 0.944 bits per heavy atom. The first-order valence-corrected chi connectivity index (χ1v) is 6.21. The molecule has 0 fully saturated rings. The Bertz CT molecular complexity index is 615. The zero-order valence-corrected chi connectivity index (χ0v) is 10.3. The zero-order valence-electron chi connectivity index (χ0n) is 9.52. The summed E-state index contributed by atoms with van der Waals surface area (Å²) in [4.78, 5) is 25.7. The van der Waals surface area contributed by atoms with Crippen LogP contribution in [0.5, 0.6) is 0 Å². The number of amides is 2. The lowest BCUT2D eigenvalue weighted by Crippen LogP contribution is -2.41. The number of alkyl halides is 1. The molecule has 1 aliphatic heterocycles. The largest absolute Gasteiger partial charge is 0.273 e. The van der Waals surface area contributed by atoms with Crippen molar-refractivity contribution in [3.8, 4) is 0 Å². The van der Waals surface area contributed by atoms with Crippen LogP contribution in [0, 0.1) is 0 Å². The molecule has 0 aromatic heterocycles. The molecule has 0 aliphatic carbocycles. The molecule has 0 atom stereocenters. The molecule has 2 amide bonds. The van der Waals surface area contributed by atoms with Crippen LogP contribution in [0.2, 0.25) is 0 Å². The minimum absolute atomic E-state index is 0.240. The summed E-state index contributed by atoms with van der Waals surface area (Å²) >= 11 is 5.65. The van der Waals surface area contributed by atoms with E-state index in [0.29, 0.717) is 11.1 Å². The van der Waals surface area contributed by atoms with Crippen molar-refractivity contribution in [2.75, 3.05) is 12.4 Å². The summed E-state index contributed by atoms with van der Waals surface area (Å²) in [6.07, 6.45) is 0. The van der Waals surface area contributed by atoms with E-state index in [4.69, 9.17) is 11.6 Å². The summed E-state index contributed by atoms with van der Waals surface area (Å²) < 4.78 is 0. The van der Waals surface area contributed by atoms with Crippen LogP contribution >= 0.6 is 11.6 Å². The van der Waals surface area contributed by atoms with Crippen molar-refractivity contribution in [3.63, 3.8) is 0 Å². The predicted molar refractivity (Wildman–Crippen MR) is 70.0 cm³/mol. The third-order valence-corrected chi connectivity index (χ3v) is 3.33. The quantitative estimate of drug-likeness (QED) is 0.614. The van der Waals surface area contributed by atoms with Crippen molar-refractivity contribution in [3.05, 3.63) is 47.5 Å². The van der Waals surface area contributed by atoms with E-state index in [-0.39, 0.29) is 24.2 Å². The third kappa shape index (κ3) is 1.44. The number of nitrogens with zero attached hydrogens (tertiary/aromatic N) is 1. The molecule has 0 unspecified atom stereocenters. The molecule has 18 heavy (non-hydrogen) atoms. The molecule has 0 bridgehead atoms. The molecule has 0 radical (unpaired) electrons. The van der Waals surface area contributed by atoms with Gasteiger partial charge in [-0.1, -0.05) is 24.3 Å². The summed E-state index contributed by atoms with van der Waals surface area (Å²) in [7, 11) is 0. The average molecular weight is 260 g/mol. The Kier molecular flexibility index (Phi) is 2.56. The molecule has 0 spiro atoms. The fraction of sp³-hybridized carbons (Fsp3) is 0.143. The highest BCUT2D eigenvalue weighted by molar-refractivity contribution is 6.26. The second-order valence-corrected chi connectivity index (χ2v) is 4.54. The van der Waals surface area contributed by atoms with E-state index >= 15 is 0 Å². The number of hydrogen-bond acceptors (Lipinski definition) is 2. The van der Waals surface area contributed by atoms with Gasteiger partial charge in [-0.2, -0.15) is 0 Å². The van der Waals surface area contributed by atoms with Crippen molar-refractivity contribution in [1.29, 1.82) is 0 Å². The van der Waals surface area contributed by atoms with Gasteiger partial charge in [-0.25, -0.2) is 0 Å². The number of carbonyl (C=O) groups excluding carboxylic acids is 2. The smallest absolute Gasteiger partial charge is 0.261 e. The van der Waals surface area contributed by atoms with Gasteiger partial charge in [0.25, 0.3) is 11.8 Å². The lowest BCUT2D eigenvalue weighted by Gasteiger charge is -2.26. The van der Waals surface area contributed by atoms with Crippen LogP contribution < -0.4 is 0 Å². The van der Waals surface area contributed by atoms with Crippen LogP contribution in [-0.4, -0.2) is 29.1 Å². The van der Waals surface area contributed by atoms with Gasteiger partial charge in [0.1, 0.15) is 0 Å². The molecule has 2 aromatic carbocycles. The highest BCUT2D eigenvalue weighted by Crippen LogP contribution is 2.29. The summed E-state index contributed by atoms with van der Waals surface area (Å²) in [5, 5.41) is 1.66. The van der Waals surface area contributed by atoms with Crippen molar-refractivity contribution < 1.29 is 9.59 Å². The molecule has 1 aliphatic rings. The SMILES string of the molecule is O=C1c2cccc3cccc(c23)C(=O)N1CCCl. The Labute approximate surface area is 109 Å². The van der Waals surface area contributed by atoms with E-state index in [0.717, 1.165) is 10.8 Å². The minimum Gasteiger partial charge on any atom is -0.273 e. The Hall–Kier alpha value is -1.87. The molecule has 1 heterocycles. The van der Waals surface area contributed by atoms with Gasteiger partial charge in [-0.3, -0.25) is 14.5 Å². The Morgan fingerprint density at radius 3 is 2.00 bits per heavy atom. The second kappa shape index (κ2) is 4.10. The van der Waals surface area contributed by atoms with Crippen molar-refractivity contribution in [2.45, 2.75) is 0 Å². The topological polar surface area (TPSA) is 37.4 Å². The number of halogens is 1. The fourth-order valence-corrected chi connectivity index (χ4v) is 2.54. The maximum atomic E-state index is 12.3. The number of rotatable bonds is 2. The van der Waals surface area contributed by atoms with Crippen LogP contribution in [0.3, 0.4) is 0 Å². The fourth-order valence-electron chi connectivity index (χ4n) is 2.37. The normalized spacial score (nSPS) is 14.4. The van der Waals surface area contributed by atoms with Gasteiger partial charge < -0.3 is 0 Å². The molecule has 3 rings (SSSR count). The minimum atomic E-state index is -0.259. The standard InChI is InChI=1S/C14H10ClNO2/c15-7-8-16-13(17)10-5-1-3-9-4-2-6-11(12(9)10)14(16)18/h1-6H,7-8H2. The lowest BCUT2D eigenvalue weighted by molar-refractivity contribution is 0.0620. The molecular weight excluding hydrogens is 250 g/mol. The predicted octanol–water partition coefficient (Wildman–Crippen LogP) is 2.67. The summed E-state index contributed by atoms with van der Waals surface area (Å²) in [5.41, 5.74) is 1.15. The molecule has 0 N–H and O–H groups in total. The van der Waals surface area contributed by atoms with Gasteiger partial charge in [0.2, 0.25) is 0 Å². The van der Waals surface area contributed by atoms with E-state index in [9.17, 15) is 9.59 Å². The summed E-state index contributed by atoms with van der Waals surface area (Å²) in [6, 6.07) is 11.0. The molecule has 2 aromatic rings. The first-order chi connectivity index (χ1) is 8.74. The van der Waals surface area contributed by atoms with Crippen LogP contribution in [0.1, 0.15) is 20.7 Å². The van der Waals surface area contributed by atoms with Crippen LogP contribution in [0.4, 0.5) is 0 Å². The van der Waals surface area contributed by atoms with Gasteiger partial charge >= 0.3 is 0 Å². The molecule has 3 nitrogen and oxygen atoms in total. The first-order valence-electron chi connectivity index (χ1n) is 5.68. The van der Waals surface area contributed by atoms with E-state index < -0.39 is 0 Å². The number of carbonyl (C=O) groups is 2. The van der Waals surface area contributed by atoms with Crippen molar-refractivity contribution >= 4 is 34.2 Å². The number of benzene rings is 2. The first kappa shape index (κ1) is 11.2. The van der Waals surface area contributed by atoms with E-state index in [1.54, 1.807) is 12.1 Å². The summed E-state index contributed by atoms with van der Waals surface area (Å²) in [5.74, 6) is -0.273. The van der Waals surface area contributed by atoms with Crippen LogP contribution in [-0.2, 0) is 0 Å². The molecule has 90 valence electrons. The lowest BCUT2D eigenvalue weighted by atomic mass is 9.94. The van der Waals surface area contributed by atoms with E-state index in [1.165, 1.54) is 4.90 Å². The van der Waals surface area contributed by atoms with E-state index in [1.807, 2.05) is 24.3 Å². The maximum absolute atomic E-state index is 12.3. The molecule has 0 saturated carbocycles. The maximum Gasteiger partial charge on any atom is 0.261 e. The van der Waals surface area contributed by atoms with Gasteiger partial charge in [0, 0.05) is 28.9 Å². The van der Waals surface area contributed by atoms with Crippen LogP contribution in [0.25, 0.3) is 10.8 Å². The molecule has 0 saturated heterocycles. The van der Waals surface area contributed by atoms with Gasteiger partial charge in [-0.05, 0) is 17.5 Å². The van der Waals surface area contributed by atoms with Gasteiger partial charge in [0.05, 0.1) is 0 Å². The van der Waals surface area contributed by atoms with Crippen molar-refractivity contribution in [2.24, 2.45) is 0 Å². The van der Waals surface area contributed by atoms with Gasteiger partial charge in [0.15, 0.2) is 0 Å². The Morgan fingerprint density at radius 2 is 1.50 bits per heavy atom. The monoisotopic (exact) mass is 259 g/mol. The highest BCUT2D eigenvalue weighted by atomic mass is 35.5. The van der Waals surface area contributed by atoms with E-state index in [2.05, 4.69) is 0 Å². The highest BCUT2D eigenvalue weighted by Gasteiger charge is 2.31. The number of imide groups is 1. The summed E-state index contributed by atoms with van der Waals surface area (Å²) in [6.45, 7) is 0.240. The molecular formula is C14H10ClNO2. The van der Waals surface area contributed by atoms with Gasteiger partial charge in [-0.15, -0.1) is 11.6 Å². The second-order valence-electron chi connectivity index (χ2n) is 4.16. The Balaban J connectivity index is 2.32. The third-order valence-electron chi connectivity index (χ3n) is 3.16.